The number of thiophene rings is 1. The van der Waals surface area contributed by atoms with Gasteiger partial charge in [0.1, 0.15) is 11.2 Å². The van der Waals surface area contributed by atoms with E-state index in [0.717, 1.165) is 29.5 Å². The van der Waals surface area contributed by atoms with Crippen molar-refractivity contribution in [2.45, 2.75) is 26.2 Å². The van der Waals surface area contributed by atoms with Crippen LogP contribution in [0.4, 0.5) is 5.69 Å². The van der Waals surface area contributed by atoms with Crippen LogP contribution in [-0.2, 0) is 17.6 Å². The predicted octanol–water partition coefficient (Wildman–Crippen LogP) is 4.49. The molecule has 0 saturated heterocycles. The molecule has 26 heavy (non-hydrogen) atoms. The molecular formula is C19H18ClN3O2S. The highest BCUT2D eigenvalue weighted by molar-refractivity contribution is 7.18. The molecule has 0 bridgehead atoms. The van der Waals surface area contributed by atoms with Gasteiger partial charge in [0.25, 0.3) is 5.91 Å². The molecule has 0 radical (unpaired) electrons. The molecule has 1 amide bonds. The lowest BCUT2D eigenvalue weighted by Crippen LogP contribution is -2.20. The second-order valence-corrected chi connectivity index (χ2v) is 8.08. The van der Waals surface area contributed by atoms with Crippen molar-refractivity contribution in [1.29, 1.82) is 0 Å². The normalized spacial score (nSPS) is 16.3. The number of anilines is 1. The first-order valence-corrected chi connectivity index (χ1v) is 9.73. The number of carbonyl (C=O) groups is 1. The lowest BCUT2D eigenvalue weighted by Gasteiger charge is -2.18. The summed E-state index contributed by atoms with van der Waals surface area (Å²) >= 11 is 7.64. The third-order valence-corrected chi connectivity index (χ3v) is 5.90. The molecule has 5 nitrogen and oxygen atoms in total. The smallest absolute Gasteiger partial charge is 0.262 e. The number of nitrogens with one attached hydrogen (secondary N) is 1. The maximum absolute atomic E-state index is 12.2. The molecule has 2 aromatic heterocycles. The quantitative estimate of drug-likeness (QED) is 0.716. The molecular weight excluding hydrogens is 370 g/mol. The second-order valence-electron chi connectivity index (χ2n) is 6.56. The van der Waals surface area contributed by atoms with Crippen LogP contribution >= 0.6 is 22.9 Å². The number of fused-ring (bicyclic) bond motifs is 3. The molecule has 7 heteroatoms. The highest BCUT2D eigenvalue weighted by atomic mass is 35.5. The summed E-state index contributed by atoms with van der Waals surface area (Å²) in [4.78, 5) is 23.1. The summed E-state index contributed by atoms with van der Waals surface area (Å²) in [6, 6.07) is 7.01. The Bertz CT molecular complexity index is 973. The van der Waals surface area contributed by atoms with Gasteiger partial charge in [0, 0.05) is 15.6 Å². The standard InChI is InChI=1S/C19H18ClN3O2S/c1-11-5-6-14-15(7-11)26-19-17(14)18(21-10-22-19)25-9-16(24)23-13-4-2-3-12(20)8-13/h2-4,8,10-11H,5-7,9H2,1H3,(H,23,24). The van der Waals surface area contributed by atoms with Gasteiger partial charge in [-0.05, 0) is 48.9 Å². The zero-order valence-corrected chi connectivity index (χ0v) is 15.9. The third kappa shape index (κ3) is 3.52. The third-order valence-electron chi connectivity index (χ3n) is 4.51. The van der Waals surface area contributed by atoms with E-state index in [4.69, 9.17) is 16.3 Å². The van der Waals surface area contributed by atoms with Gasteiger partial charge in [-0.25, -0.2) is 9.97 Å². The van der Waals surface area contributed by atoms with Crippen LogP contribution in [0.2, 0.25) is 5.02 Å². The summed E-state index contributed by atoms with van der Waals surface area (Å²) in [5.74, 6) is 0.927. The summed E-state index contributed by atoms with van der Waals surface area (Å²) in [6.45, 7) is 2.16. The minimum Gasteiger partial charge on any atom is -0.467 e. The largest absolute Gasteiger partial charge is 0.467 e. The van der Waals surface area contributed by atoms with E-state index in [1.54, 1.807) is 35.6 Å². The topological polar surface area (TPSA) is 64.1 Å². The fourth-order valence-corrected chi connectivity index (χ4v) is 4.78. The Kier molecular flexibility index (Phi) is 4.78. The summed E-state index contributed by atoms with van der Waals surface area (Å²) < 4.78 is 5.75. The van der Waals surface area contributed by atoms with Crippen LogP contribution in [0.3, 0.4) is 0 Å². The Morgan fingerprint density at radius 2 is 2.31 bits per heavy atom. The number of aryl methyl sites for hydroxylation is 1. The van der Waals surface area contributed by atoms with E-state index in [9.17, 15) is 4.79 Å². The van der Waals surface area contributed by atoms with E-state index in [-0.39, 0.29) is 12.5 Å². The highest BCUT2D eigenvalue weighted by Gasteiger charge is 2.23. The van der Waals surface area contributed by atoms with Gasteiger partial charge in [-0.2, -0.15) is 0 Å². The Hall–Kier alpha value is -2.18. The zero-order chi connectivity index (χ0) is 18.1. The average Bonchev–Trinajstić information content (AvgIpc) is 2.98. The van der Waals surface area contributed by atoms with Crippen LogP contribution in [0.25, 0.3) is 10.2 Å². The minimum atomic E-state index is -0.253. The number of hydrogen-bond acceptors (Lipinski definition) is 5. The zero-order valence-electron chi connectivity index (χ0n) is 14.3. The summed E-state index contributed by atoms with van der Waals surface area (Å²) in [5.41, 5.74) is 1.93. The molecule has 2 heterocycles. The maximum atomic E-state index is 12.2. The van der Waals surface area contributed by atoms with E-state index in [1.807, 2.05) is 0 Å². The fourth-order valence-electron chi connectivity index (χ4n) is 3.25. The number of nitrogens with zero attached hydrogens (tertiary/aromatic N) is 2. The van der Waals surface area contributed by atoms with Gasteiger partial charge >= 0.3 is 0 Å². The minimum absolute atomic E-state index is 0.111. The van der Waals surface area contributed by atoms with Crippen molar-refractivity contribution >= 4 is 44.7 Å². The molecule has 1 N–H and O–H groups in total. The summed E-state index contributed by atoms with van der Waals surface area (Å²) in [6.07, 6.45) is 4.74. The van der Waals surface area contributed by atoms with E-state index in [1.165, 1.54) is 16.8 Å². The van der Waals surface area contributed by atoms with E-state index in [0.29, 0.717) is 22.5 Å². The second kappa shape index (κ2) is 7.21. The Balaban J connectivity index is 1.51. The first-order chi connectivity index (χ1) is 12.6. The van der Waals surface area contributed by atoms with E-state index >= 15 is 0 Å². The molecule has 1 aliphatic rings. The van der Waals surface area contributed by atoms with Crippen molar-refractivity contribution in [1.82, 2.24) is 9.97 Å². The molecule has 0 spiro atoms. The Labute approximate surface area is 160 Å². The summed E-state index contributed by atoms with van der Waals surface area (Å²) in [5, 5.41) is 4.31. The molecule has 0 aliphatic heterocycles. The van der Waals surface area contributed by atoms with Crippen molar-refractivity contribution in [2.24, 2.45) is 5.92 Å². The average molecular weight is 388 g/mol. The summed E-state index contributed by atoms with van der Waals surface area (Å²) in [7, 11) is 0. The van der Waals surface area contributed by atoms with Crippen molar-refractivity contribution in [2.75, 3.05) is 11.9 Å². The van der Waals surface area contributed by atoms with Gasteiger partial charge in [0.2, 0.25) is 5.88 Å². The molecule has 0 saturated carbocycles. The Morgan fingerprint density at radius 1 is 1.42 bits per heavy atom. The van der Waals surface area contributed by atoms with E-state index in [2.05, 4.69) is 22.2 Å². The first-order valence-electron chi connectivity index (χ1n) is 8.53. The van der Waals surface area contributed by atoms with Crippen LogP contribution in [0.5, 0.6) is 5.88 Å². The van der Waals surface area contributed by atoms with Crippen LogP contribution in [0.15, 0.2) is 30.6 Å². The number of halogens is 1. The Morgan fingerprint density at radius 3 is 3.15 bits per heavy atom. The van der Waals surface area contributed by atoms with Gasteiger partial charge in [-0.15, -0.1) is 11.3 Å². The van der Waals surface area contributed by atoms with Gasteiger partial charge < -0.3 is 10.1 Å². The van der Waals surface area contributed by atoms with Crippen LogP contribution in [-0.4, -0.2) is 22.5 Å². The number of aromatic nitrogens is 2. The molecule has 1 atom stereocenters. The number of rotatable bonds is 4. The predicted molar refractivity (Wildman–Crippen MR) is 104 cm³/mol. The number of amides is 1. The number of ether oxygens (including phenoxy) is 1. The molecule has 4 rings (SSSR count). The first kappa shape index (κ1) is 17.2. The lowest BCUT2D eigenvalue weighted by molar-refractivity contribution is -0.118. The number of benzene rings is 1. The van der Waals surface area contributed by atoms with Crippen molar-refractivity contribution < 1.29 is 9.53 Å². The van der Waals surface area contributed by atoms with Crippen molar-refractivity contribution in [3.8, 4) is 5.88 Å². The highest BCUT2D eigenvalue weighted by Crippen LogP contribution is 2.40. The van der Waals surface area contributed by atoms with Gasteiger partial charge in [0.15, 0.2) is 6.61 Å². The van der Waals surface area contributed by atoms with Crippen LogP contribution in [0.1, 0.15) is 23.8 Å². The van der Waals surface area contributed by atoms with Gasteiger partial charge in [-0.1, -0.05) is 24.6 Å². The molecule has 3 aromatic rings. The monoisotopic (exact) mass is 387 g/mol. The molecule has 1 aliphatic carbocycles. The van der Waals surface area contributed by atoms with Gasteiger partial charge in [-0.3, -0.25) is 4.79 Å². The molecule has 134 valence electrons. The number of carbonyl (C=O) groups excluding carboxylic acids is 1. The maximum Gasteiger partial charge on any atom is 0.262 e. The number of hydrogen-bond donors (Lipinski definition) is 1. The van der Waals surface area contributed by atoms with Crippen LogP contribution in [0, 0.1) is 5.92 Å². The fraction of sp³-hybridized carbons (Fsp3) is 0.316. The molecule has 1 unspecified atom stereocenters. The molecule has 0 fully saturated rings. The van der Waals surface area contributed by atoms with Crippen LogP contribution < -0.4 is 10.1 Å². The van der Waals surface area contributed by atoms with Crippen molar-refractivity contribution in [3.63, 3.8) is 0 Å². The van der Waals surface area contributed by atoms with E-state index < -0.39 is 0 Å². The van der Waals surface area contributed by atoms with Gasteiger partial charge in [0.05, 0.1) is 5.39 Å². The molecule has 1 aromatic carbocycles. The SMILES string of the molecule is CC1CCc2c(sc3ncnc(OCC(=O)Nc4cccc(Cl)c4)c23)C1. The van der Waals surface area contributed by atoms with Crippen molar-refractivity contribution in [3.05, 3.63) is 46.1 Å². The lowest BCUT2D eigenvalue weighted by atomic mass is 9.89.